The van der Waals surface area contributed by atoms with E-state index < -0.39 is 0 Å². The Bertz CT molecular complexity index is 685. The monoisotopic (exact) mass is 253 g/mol. The molecule has 0 bridgehead atoms. The van der Waals surface area contributed by atoms with Crippen molar-refractivity contribution in [3.8, 4) is 0 Å². The molecule has 1 heterocycles. The Morgan fingerprint density at radius 2 is 1.89 bits per heavy atom. The molecule has 1 N–H and O–H groups in total. The van der Waals surface area contributed by atoms with Crippen molar-refractivity contribution in [2.45, 2.75) is 19.3 Å². The van der Waals surface area contributed by atoms with Crippen LogP contribution in [0, 0.1) is 5.82 Å². The van der Waals surface area contributed by atoms with Gasteiger partial charge in [-0.3, -0.25) is 0 Å². The van der Waals surface area contributed by atoms with Crippen LogP contribution in [-0.4, -0.2) is 4.98 Å². The zero-order valence-corrected chi connectivity index (χ0v) is 10.9. The molecule has 0 aliphatic heterocycles. The fourth-order valence-corrected chi connectivity index (χ4v) is 2.73. The van der Waals surface area contributed by atoms with Crippen LogP contribution < -0.4 is 0 Å². The van der Waals surface area contributed by atoms with Gasteiger partial charge in [-0.1, -0.05) is 37.3 Å². The quantitative estimate of drug-likeness (QED) is 0.686. The third-order valence-corrected chi connectivity index (χ3v) is 3.66. The minimum absolute atomic E-state index is 0.200. The molecule has 0 aliphatic rings. The lowest BCUT2D eigenvalue weighted by atomic mass is 9.89. The van der Waals surface area contributed by atoms with Crippen molar-refractivity contribution in [1.29, 1.82) is 0 Å². The molecule has 2 heteroatoms. The topological polar surface area (TPSA) is 15.8 Å². The zero-order valence-electron chi connectivity index (χ0n) is 10.9. The minimum Gasteiger partial charge on any atom is -0.361 e. The van der Waals surface area contributed by atoms with Gasteiger partial charge in [-0.25, -0.2) is 4.39 Å². The first-order valence-electron chi connectivity index (χ1n) is 6.61. The van der Waals surface area contributed by atoms with Crippen molar-refractivity contribution < 1.29 is 4.39 Å². The van der Waals surface area contributed by atoms with Crippen LogP contribution in [0.25, 0.3) is 10.9 Å². The van der Waals surface area contributed by atoms with Crippen molar-refractivity contribution >= 4 is 10.9 Å². The van der Waals surface area contributed by atoms with Gasteiger partial charge < -0.3 is 4.98 Å². The first kappa shape index (κ1) is 12.0. The van der Waals surface area contributed by atoms with Crippen LogP contribution in [-0.2, 0) is 0 Å². The molecule has 1 nitrogen and oxygen atoms in total. The summed E-state index contributed by atoms with van der Waals surface area (Å²) in [5.74, 6) is 0.147. The number of hydrogen-bond donors (Lipinski definition) is 1. The summed E-state index contributed by atoms with van der Waals surface area (Å²) in [6, 6.07) is 15.4. The van der Waals surface area contributed by atoms with Crippen molar-refractivity contribution in [3.63, 3.8) is 0 Å². The maximum atomic E-state index is 13.2. The molecule has 1 aromatic heterocycles. The van der Waals surface area contributed by atoms with Crippen molar-refractivity contribution in [2.75, 3.05) is 0 Å². The third-order valence-electron chi connectivity index (χ3n) is 3.66. The fraction of sp³-hybridized carbons (Fsp3) is 0.176. The van der Waals surface area contributed by atoms with Crippen LogP contribution in [0.2, 0.25) is 0 Å². The smallest absolute Gasteiger partial charge is 0.125 e. The summed E-state index contributed by atoms with van der Waals surface area (Å²) < 4.78 is 13.2. The Hall–Kier alpha value is -2.09. The molecular weight excluding hydrogens is 237 g/mol. The van der Waals surface area contributed by atoms with Crippen LogP contribution >= 0.6 is 0 Å². The summed E-state index contributed by atoms with van der Waals surface area (Å²) in [5.41, 5.74) is 3.41. The average Bonchev–Trinajstić information content (AvgIpc) is 2.84. The Kier molecular flexibility index (Phi) is 3.08. The number of benzene rings is 2. The van der Waals surface area contributed by atoms with E-state index in [0.29, 0.717) is 5.92 Å². The predicted molar refractivity (Wildman–Crippen MR) is 76.8 cm³/mol. The molecule has 19 heavy (non-hydrogen) atoms. The van der Waals surface area contributed by atoms with E-state index in [2.05, 4.69) is 36.2 Å². The summed E-state index contributed by atoms with van der Waals surface area (Å²) in [6.45, 7) is 2.18. The number of fused-ring (bicyclic) bond motifs is 1. The molecule has 1 unspecified atom stereocenters. The highest BCUT2D eigenvalue weighted by Crippen LogP contribution is 2.33. The van der Waals surface area contributed by atoms with Gasteiger partial charge in [0.2, 0.25) is 0 Å². The first-order chi connectivity index (χ1) is 9.29. The van der Waals surface area contributed by atoms with Gasteiger partial charge in [-0.15, -0.1) is 0 Å². The van der Waals surface area contributed by atoms with Crippen molar-refractivity contribution in [2.24, 2.45) is 0 Å². The van der Waals surface area contributed by atoms with Gasteiger partial charge in [0, 0.05) is 23.0 Å². The molecule has 0 saturated heterocycles. The van der Waals surface area contributed by atoms with Gasteiger partial charge in [-0.05, 0) is 35.7 Å². The second-order valence-electron chi connectivity index (χ2n) is 4.81. The number of rotatable bonds is 3. The summed E-state index contributed by atoms with van der Waals surface area (Å²) in [6.07, 6.45) is 3.03. The molecule has 96 valence electrons. The minimum atomic E-state index is -0.200. The summed E-state index contributed by atoms with van der Waals surface area (Å²) in [5, 5.41) is 1.11. The van der Waals surface area contributed by atoms with E-state index in [1.165, 1.54) is 17.2 Å². The summed E-state index contributed by atoms with van der Waals surface area (Å²) in [7, 11) is 0. The van der Waals surface area contributed by atoms with Crippen LogP contribution in [0.5, 0.6) is 0 Å². The Labute approximate surface area is 112 Å². The predicted octanol–water partition coefficient (Wildman–Crippen LogP) is 4.85. The normalized spacial score (nSPS) is 12.7. The Morgan fingerprint density at radius 3 is 2.63 bits per heavy atom. The number of aromatic nitrogens is 1. The lowest BCUT2D eigenvalue weighted by Crippen LogP contribution is -1.98. The molecule has 0 saturated carbocycles. The fourth-order valence-electron chi connectivity index (χ4n) is 2.73. The van der Waals surface area contributed by atoms with Crippen LogP contribution in [0.3, 0.4) is 0 Å². The second-order valence-corrected chi connectivity index (χ2v) is 4.81. The maximum absolute atomic E-state index is 13.2. The van der Waals surface area contributed by atoms with Crippen molar-refractivity contribution in [1.82, 2.24) is 4.98 Å². The second kappa shape index (κ2) is 4.88. The van der Waals surface area contributed by atoms with Crippen LogP contribution in [0.4, 0.5) is 4.39 Å². The molecule has 0 radical (unpaired) electrons. The van der Waals surface area contributed by atoms with E-state index in [4.69, 9.17) is 0 Å². The van der Waals surface area contributed by atoms with E-state index in [-0.39, 0.29) is 5.82 Å². The number of H-pyrrole nitrogens is 1. The number of nitrogens with one attached hydrogen (secondary N) is 1. The molecule has 2 aromatic carbocycles. The molecule has 3 aromatic rings. The Balaban J connectivity index is 2.12. The highest BCUT2D eigenvalue weighted by Gasteiger charge is 2.16. The number of halogens is 1. The molecule has 0 amide bonds. The van der Waals surface area contributed by atoms with Gasteiger partial charge in [0.1, 0.15) is 5.82 Å². The number of hydrogen-bond acceptors (Lipinski definition) is 0. The van der Waals surface area contributed by atoms with Gasteiger partial charge in [0.15, 0.2) is 0 Å². The molecule has 0 fully saturated rings. The van der Waals surface area contributed by atoms with Crippen LogP contribution in [0.1, 0.15) is 30.4 Å². The van der Waals surface area contributed by atoms with Gasteiger partial charge >= 0.3 is 0 Å². The molecule has 1 atom stereocenters. The van der Waals surface area contributed by atoms with Gasteiger partial charge in [0.25, 0.3) is 0 Å². The lowest BCUT2D eigenvalue weighted by molar-refractivity contribution is 0.629. The SMILES string of the molecule is CCC(c1ccccc1)c1c[nH]c2cc(F)ccc12. The molecule has 0 spiro atoms. The van der Waals surface area contributed by atoms with Gasteiger partial charge in [-0.2, -0.15) is 0 Å². The zero-order chi connectivity index (χ0) is 13.2. The molecule has 3 rings (SSSR count). The molecular formula is C17H16FN. The number of aromatic amines is 1. The Morgan fingerprint density at radius 1 is 1.11 bits per heavy atom. The van der Waals surface area contributed by atoms with E-state index in [0.717, 1.165) is 17.3 Å². The van der Waals surface area contributed by atoms with Crippen molar-refractivity contribution in [3.05, 3.63) is 71.7 Å². The van der Waals surface area contributed by atoms with E-state index in [9.17, 15) is 4.39 Å². The summed E-state index contributed by atoms with van der Waals surface area (Å²) in [4.78, 5) is 3.17. The van der Waals surface area contributed by atoms with E-state index in [1.54, 1.807) is 6.07 Å². The highest BCUT2D eigenvalue weighted by atomic mass is 19.1. The van der Waals surface area contributed by atoms with Gasteiger partial charge in [0.05, 0.1) is 0 Å². The third kappa shape index (κ3) is 2.14. The van der Waals surface area contributed by atoms with Crippen LogP contribution in [0.15, 0.2) is 54.7 Å². The lowest BCUT2D eigenvalue weighted by Gasteiger charge is -2.14. The van der Waals surface area contributed by atoms with E-state index in [1.807, 2.05) is 18.3 Å². The highest BCUT2D eigenvalue weighted by molar-refractivity contribution is 5.84. The average molecular weight is 253 g/mol. The standard InChI is InChI=1S/C17H16FN/c1-2-14(12-6-4-3-5-7-12)16-11-19-17-10-13(18)8-9-15(16)17/h3-11,14,19H,2H2,1H3. The van der Waals surface area contributed by atoms with E-state index >= 15 is 0 Å². The molecule has 0 aliphatic carbocycles. The summed E-state index contributed by atoms with van der Waals surface area (Å²) >= 11 is 0. The maximum Gasteiger partial charge on any atom is 0.125 e. The largest absolute Gasteiger partial charge is 0.361 e. The first-order valence-corrected chi connectivity index (χ1v) is 6.61.